The summed E-state index contributed by atoms with van der Waals surface area (Å²) in [6.07, 6.45) is 2.29. The molecule has 138 valence electrons. The number of aromatic nitrogens is 1. The summed E-state index contributed by atoms with van der Waals surface area (Å²) in [6, 6.07) is 1.69. The molecule has 1 fully saturated rings. The van der Waals surface area contributed by atoms with Gasteiger partial charge in [0.15, 0.2) is 0 Å². The number of carbonyl (C=O) groups excluding carboxylic acids is 3. The Hall–Kier alpha value is -2.38. The highest BCUT2D eigenvalue weighted by Gasteiger charge is 2.27. The Bertz CT molecular complexity index is 628. The fourth-order valence-corrected chi connectivity index (χ4v) is 3.06. The van der Waals surface area contributed by atoms with E-state index in [1.165, 1.54) is 6.92 Å². The van der Waals surface area contributed by atoms with Gasteiger partial charge in [0.05, 0.1) is 6.54 Å². The minimum atomic E-state index is -0.376. The van der Waals surface area contributed by atoms with Gasteiger partial charge in [-0.2, -0.15) is 0 Å². The van der Waals surface area contributed by atoms with Gasteiger partial charge < -0.3 is 20.1 Å². The zero-order chi connectivity index (χ0) is 18.4. The minimum Gasteiger partial charge on any atom is -0.361 e. The third-order valence-corrected chi connectivity index (χ3v) is 4.34. The number of hydrogen-bond donors (Lipinski definition) is 2. The molecule has 25 heavy (non-hydrogen) atoms. The highest BCUT2D eigenvalue weighted by atomic mass is 16.5. The van der Waals surface area contributed by atoms with E-state index in [4.69, 9.17) is 4.52 Å². The average molecular weight is 350 g/mol. The lowest BCUT2D eigenvalue weighted by Gasteiger charge is -2.23. The van der Waals surface area contributed by atoms with Crippen LogP contribution in [0.2, 0.25) is 0 Å². The highest BCUT2D eigenvalue weighted by Crippen LogP contribution is 2.19. The Morgan fingerprint density at radius 3 is 2.80 bits per heavy atom. The number of likely N-dealkylation sites (N-methyl/N-ethyl adjacent to an activating group) is 1. The predicted octanol–water partition coefficient (Wildman–Crippen LogP) is 0.753. The summed E-state index contributed by atoms with van der Waals surface area (Å²) in [4.78, 5) is 37.7. The van der Waals surface area contributed by atoms with E-state index in [0.29, 0.717) is 24.4 Å². The molecule has 2 unspecified atom stereocenters. The first-order valence-electron chi connectivity index (χ1n) is 8.56. The van der Waals surface area contributed by atoms with Gasteiger partial charge in [0.1, 0.15) is 11.5 Å². The first-order chi connectivity index (χ1) is 11.8. The molecule has 2 atom stereocenters. The van der Waals surface area contributed by atoms with Gasteiger partial charge in [0, 0.05) is 45.0 Å². The second-order valence-electron chi connectivity index (χ2n) is 6.65. The van der Waals surface area contributed by atoms with Gasteiger partial charge in [-0.25, -0.2) is 0 Å². The van der Waals surface area contributed by atoms with E-state index < -0.39 is 0 Å². The minimum absolute atomic E-state index is 0.0774. The Balaban J connectivity index is 1.94. The van der Waals surface area contributed by atoms with Crippen LogP contribution in [0.5, 0.6) is 0 Å². The quantitative estimate of drug-likeness (QED) is 0.834. The number of carbonyl (C=O) groups is 3. The lowest BCUT2D eigenvalue weighted by Crippen LogP contribution is -2.43. The molecule has 3 amide bonds. The number of hydrogen-bond acceptors (Lipinski definition) is 5. The molecule has 0 aromatic carbocycles. The highest BCUT2D eigenvalue weighted by molar-refractivity contribution is 5.85. The molecule has 1 aromatic rings. The molecule has 1 saturated heterocycles. The van der Waals surface area contributed by atoms with Crippen molar-refractivity contribution < 1.29 is 18.9 Å². The molecule has 1 aliphatic heterocycles. The van der Waals surface area contributed by atoms with E-state index in [-0.39, 0.29) is 42.6 Å². The first-order valence-corrected chi connectivity index (χ1v) is 8.56. The molecule has 1 aromatic heterocycles. The predicted molar refractivity (Wildman–Crippen MR) is 90.3 cm³/mol. The fraction of sp³-hybridized carbons (Fsp3) is 0.647. The van der Waals surface area contributed by atoms with Crippen molar-refractivity contribution >= 4 is 17.7 Å². The van der Waals surface area contributed by atoms with Gasteiger partial charge in [0.2, 0.25) is 17.7 Å². The van der Waals surface area contributed by atoms with Crippen LogP contribution in [0.1, 0.15) is 44.1 Å². The molecule has 1 aliphatic rings. The van der Waals surface area contributed by atoms with E-state index in [9.17, 15) is 14.4 Å². The molecule has 2 N–H and O–H groups in total. The van der Waals surface area contributed by atoms with Gasteiger partial charge in [-0.15, -0.1) is 0 Å². The number of nitrogens with zero attached hydrogens (tertiary/aromatic N) is 2. The van der Waals surface area contributed by atoms with Gasteiger partial charge >= 0.3 is 0 Å². The molecule has 0 spiro atoms. The van der Waals surface area contributed by atoms with Gasteiger partial charge in [-0.3, -0.25) is 14.4 Å². The van der Waals surface area contributed by atoms with Crippen molar-refractivity contribution in [3.8, 4) is 0 Å². The van der Waals surface area contributed by atoms with Crippen molar-refractivity contribution in [2.45, 2.75) is 52.1 Å². The van der Waals surface area contributed by atoms with Gasteiger partial charge in [-0.1, -0.05) is 11.6 Å². The average Bonchev–Trinajstić information content (AvgIpc) is 2.97. The summed E-state index contributed by atoms with van der Waals surface area (Å²) in [5.74, 6) is -0.0381. The third-order valence-electron chi connectivity index (χ3n) is 4.34. The van der Waals surface area contributed by atoms with Crippen LogP contribution < -0.4 is 10.6 Å². The number of nitrogens with one attached hydrogen (secondary N) is 2. The zero-order valence-corrected chi connectivity index (χ0v) is 15.0. The van der Waals surface area contributed by atoms with Crippen molar-refractivity contribution in [3.05, 3.63) is 17.5 Å². The summed E-state index contributed by atoms with van der Waals surface area (Å²) in [6.45, 7) is 4.00. The van der Waals surface area contributed by atoms with Crippen LogP contribution >= 0.6 is 0 Å². The normalized spacial score (nSPS) is 21.9. The maximum Gasteiger partial charge on any atom is 0.223 e. The van der Waals surface area contributed by atoms with Crippen molar-refractivity contribution in [1.82, 2.24) is 20.7 Å². The van der Waals surface area contributed by atoms with Crippen LogP contribution in [0.3, 0.4) is 0 Å². The lowest BCUT2D eigenvalue weighted by molar-refractivity contribution is -0.135. The molecular weight excluding hydrogens is 324 g/mol. The molecule has 2 heterocycles. The van der Waals surface area contributed by atoms with E-state index >= 15 is 0 Å². The SMILES string of the molecule is CC(=O)NC1CCCC(C(=O)NCc2cc(C)on2)CC(=O)N(C)C1. The lowest BCUT2D eigenvalue weighted by atomic mass is 9.96. The number of amides is 3. The fourth-order valence-electron chi connectivity index (χ4n) is 3.06. The zero-order valence-electron chi connectivity index (χ0n) is 15.0. The molecule has 0 bridgehead atoms. The Labute approximate surface area is 147 Å². The van der Waals surface area contributed by atoms with Crippen molar-refractivity contribution in [2.24, 2.45) is 5.92 Å². The number of rotatable bonds is 4. The van der Waals surface area contributed by atoms with Crippen LogP contribution in [-0.4, -0.2) is 47.4 Å². The second-order valence-corrected chi connectivity index (χ2v) is 6.65. The summed E-state index contributed by atoms with van der Waals surface area (Å²) in [7, 11) is 1.70. The maximum atomic E-state index is 12.5. The van der Waals surface area contributed by atoms with E-state index in [0.717, 1.165) is 12.8 Å². The number of aryl methyl sites for hydroxylation is 1. The van der Waals surface area contributed by atoms with Crippen molar-refractivity contribution in [1.29, 1.82) is 0 Å². The first kappa shape index (κ1) is 19.0. The van der Waals surface area contributed by atoms with Crippen LogP contribution in [-0.2, 0) is 20.9 Å². The van der Waals surface area contributed by atoms with Gasteiger partial charge in [0.25, 0.3) is 0 Å². The molecular formula is C17H26N4O4. The van der Waals surface area contributed by atoms with Gasteiger partial charge in [-0.05, 0) is 19.8 Å². The Kier molecular flexibility index (Phi) is 6.55. The second kappa shape index (κ2) is 8.64. The maximum absolute atomic E-state index is 12.5. The topological polar surface area (TPSA) is 105 Å². The monoisotopic (exact) mass is 350 g/mol. The molecule has 0 saturated carbocycles. The van der Waals surface area contributed by atoms with Crippen LogP contribution in [0.15, 0.2) is 10.6 Å². The summed E-state index contributed by atoms with van der Waals surface area (Å²) < 4.78 is 4.97. The largest absolute Gasteiger partial charge is 0.361 e. The molecule has 8 nitrogen and oxygen atoms in total. The van der Waals surface area contributed by atoms with Crippen molar-refractivity contribution in [2.75, 3.05) is 13.6 Å². The summed E-state index contributed by atoms with van der Waals surface area (Å²) in [5, 5.41) is 9.54. The molecule has 2 rings (SSSR count). The molecule has 0 aliphatic carbocycles. The van der Waals surface area contributed by atoms with Crippen molar-refractivity contribution in [3.63, 3.8) is 0 Å². The van der Waals surface area contributed by atoms with E-state index in [1.54, 1.807) is 24.9 Å². The third kappa shape index (κ3) is 5.88. The van der Waals surface area contributed by atoms with Crippen LogP contribution in [0, 0.1) is 12.8 Å². The Morgan fingerprint density at radius 2 is 2.16 bits per heavy atom. The van der Waals surface area contributed by atoms with Crippen LogP contribution in [0.4, 0.5) is 0 Å². The Morgan fingerprint density at radius 1 is 1.40 bits per heavy atom. The van der Waals surface area contributed by atoms with E-state index in [1.807, 2.05) is 0 Å². The molecule has 8 heteroatoms. The standard InChI is InChI=1S/C17H26N4O4/c1-11-7-15(20-25-11)9-18-17(24)13-5-4-6-14(19-12(2)22)10-21(3)16(23)8-13/h7,13-14H,4-6,8-10H2,1-3H3,(H,18,24)(H,19,22). The molecule has 0 radical (unpaired) electrons. The smallest absolute Gasteiger partial charge is 0.223 e. The van der Waals surface area contributed by atoms with Crippen LogP contribution in [0.25, 0.3) is 0 Å². The summed E-state index contributed by atoms with van der Waals surface area (Å²) in [5.41, 5.74) is 0.656. The van der Waals surface area contributed by atoms with E-state index in [2.05, 4.69) is 15.8 Å². The summed E-state index contributed by atoms with van der Waals surface area (Å²) >= 11 is 0.